The molecule has 1 N–H and O–H groups in total. The fourth-order valence-electron chi connectivity index (χ4n) is 3.14. The highest BCUT2D eigenvalue weighted by molar-refractivity contribution is 5.85. The van der Waals surface area contributed by atoms with Gasteiger partial charge in [0.2, 0.25) is 5.82 Å². The van der Waals surface area contributed by atoms with Crippen LogP contribution in [0.3, 0.4) is 0 Å². The number of methoxy groups -OCH3 is 2. The Morgan fingerprint density at radius 3 is 2.73 bits per heavy atom. The van der Waals surface area contributed by atoms with Crippen molar-refractivity contribution in [1.29, 1.82) is 0 Å². The van der Waals surface area contributed by atoms with E-state index >= 15 is 0 Å². The third kappa shape index (κ3) is 3.20. The van der Waals surface area contributed by atoms with E-state index in [1.165, 1.54) is 5.56 Å². The largest absolute Gasteiger partial charge is 0.493 e. The van der Waals surface area contributed by atoms with Gasteiger partial charge in [-0.05, 0) is 48.7 Å². The van der Waals surface area contributed by atoms with Gasteiger partial charge in [0.05, 0.1) is 14.2 Å². The van der Waals surface area contributed by atoms with Crippen molar-refractivity contribution in [2.75, 3.05) is 26.1 Å². The van der Waals surface area contributed by atoms with E-state index in [1.54, 1.807) is 14.2 Å². The molecule has 0 atom stereocenters. The Kier molecular flexibility index (Phi) is 5.32. The van der Waals surface area contributed by atoms with Crippen molar-refractivity contribution in [3.05, 3.63) is 42.0 Å². The molecule has 0 spiro atoms. The molecule has 1 aromatic heterocycles. The summed E-state index contributed by atoms with van der Waals surface area (Å²) in [5.41, 5.74) is 4.19. The lowest BCUT2D eigenvalue weighted by atomic mass is 9.97. The van der Waals surface area contributed by atoms with Gasteiger partial charge in [-0.25, -0.2) is 0 Å². The topological polar surface area (TPSA) is 69.4 Å². The van der Waals surface area contributed by atoms with Crippen LogP contribution in [0.25, 0.3) is 22.8 Å². The molecule has 3 aromatic rings. The van der Waals surface area contributed by atoms with Crippen molar-refractivity contribution in [2.24, 2.45) is 0 Å². The Morgan fingerprint density at radius 1 is 1.08 bits per heavy atom. The molecular weight excluding hydrogens is 354 g/mol. The molecule has 2 heterocycles. The predicted octanol–water partition coefficient (Wildman–Crippen LogP) is 4.20. The first kappa shape index (κ1) is 18.1. The van der Waals surface area contributed by atoms with Gasteiger partial charge in [0.15, 0.2) is 11.5 Å². The summed E-state index contributed by atoms with van der Waals surface area (Å²) in [6, 6.07) is 11.7. The summed E-state index contributed by atoms with van der Waals surface area (Å²) >= 11 is 0. The molecule has 0 fully saturated rings. The standard InChI is InChI=1S/C19H19N3O3.ClH/c1-23-16-9-8-12(11-17(16)24-2)18-21-19(25-22-18)14-5-3-7-15-13(14)6-4-10-20-15;/h3,5,7-9,11,20H,4,6,10H2,1-2H3;1H. The Hall–Kier alpha value is -2.73. The summed E-state index contributed by atoms with van der Waals surface area (Å²) in [5.74, 6) is 2.36. The zero-order chi connectivity index (χ0) is 17.2. The van der Waals surface area contributed by atoms with Crippen LogP contribution in [0.4, 0.5) is 5.69 Å². The number of nitrogens with zero attached hydrogens (tertiary/aromatic N) is 2. The van der Waals surface area contributed by atoms with Crippen molar-refractivity contribution in [2.45, 2.75) is 12.8 Å². The average Bonchev–Trinajstić information content (AvgIpc) is 3.17. The van der Waals surface area contributed by atoms with Crippen LogP contribution < -0.4 is 14.8 Å². The number of halogens is 1. The lowest BCUT2D eigenvalue weighted by molar-refractivity contribution is 0.355. The Labute approximate surface area is 157 Å². The number of fused-ring (bicyclic) bond motifs is 1. The van der Waals surface area contributed by atoms with Gasteiger partial charge in [-0.3, -0.25) is 0 Å². The normalized spacial score (nSPS) is 12.5. The van der Waals surface area contributed by atoms with E-state index in [4.69, 9.17) is 14.0 Å². The number of benzene rings is 2. The quantitative estimate of drug-likeness (QED) is 0.739. The Bertz CT molecular complexity index is 911. The minimum atomic E-state index is 0. The van der Waals surface area contributed by atoms with Crippen molar-refractivity contribution >= 4 is 18.1 Å². The minimum absolute atomic E-state index is 0. The number of aromatic nitrogens is 2. The highest BCUT2D eigenvalue weighted by atomic mass is 35.5. The molecule has 4 rings (SSSR count). The van der Waals surface area contributed by atoms with E-state index in [0.29, 0.717) is 23.2 Å². The summed E-state index contributed by atoms with van der Waals surface area (Å²) in [6.07, 6.45) is 2.10. The fraction of sp³-hybridized carbons (Fsp3) is 0.263. The predicted molar refractivity (Wildman–Crippen MR) is 102 cm³/mol. The van der Waals surface area contributed by atoms with E-state index < -0.39 is 0 Å². The summed E-state index contributed by atoms with van der Waals surface area (Å²) in [5, 5.41) is 7.56. The number of nitrogens with one attached hydrogen (secondary N) is 1. The Balaban J connectivity index is 0.00000196. The van der Waals surface area contributed by atoms with Gasteiger partial charge in [-0.2, -0.15) is 4.98 Å². The molecule has 26 heavy (non-hydrogen) atoms. The molecule has 0 aliphatic carbocycles. The Morgan fingerprint density at radius 2 is 1.92 bits per heavy atom. The maximum absolute atomic E-state index is 5.54. The summed E-state index contributed by atoms with van der Waals surface area (Å²) in [4.78, 5) is 4.59. The zero-order valence-corrected chi connectivity index (χ0v) is 15.4. The van der Waals surface area contributed by atoms with Crippen molar-refractivity contribution in [3.63, 3.8) is 0 Å². The van der Waals surface area contributed by atoms with Gasteiger partial charge in [0.1, 0.15) is 0 Å². The van der Waals surface area contributed by atoms with Crippen LogP contribution >= 0.6 is 12.4 Å². The number of rotatable bonds is 4. The van der Waals surface area contributed by atoms with Crippen LogP contribution in [-0.4, -0.2) is 30.9 Å². The lowest BCUT2D eigenvalue weighted by Crippen LogP contribution is -2.12. The molecule has 7 heteroatoms. The average molecular weight is 374 g/mol. The van der Waals surface area contributed by atoms with Crippen LogP contribution in [0.15, 0.2) is 40.9 Å². The van der Waals surface area contributed by atoms with E-state index in [0.717, 1.165) is 36.2 Å². The van der Waals surface area contributed by atoms with E-state index in [9.17, 15) is 0 Å². The second-order valence-corrected chi connectivity index (χ2v) is 5.85. The first-order chi connectivity index (χ1) is 12.3. The number of hydrogen-bond acceptors (Lipinski definition) is 6. The second kappa shape index (κ2) is 7.66. The fourth-order valence-corrected chi connectivity index (χ4v) is 3.14. The first-order valence-electron chi connectivity index (χ1n) is 8.22. The van der Waals surface area contributed by atoms with Crippen molar-refractivity contribution < 1.29 is 14.0 Å². The molecule has 0 unspecified atom stereocenters. The van der Waals surface area contributed by atoms with Crippen LogP contribution in [0.2, 0.25) is 0 Å². The molecule has 1 aliphatic rings. The van der Waals surface area contributed by atoms with Crippen LogP contribution in [0.5, 0.6) is 11.5 Å². The monoisotopic (exact) mass is 373 g/mol. The molecular formula is C19H20ClN3O3. The van der Waals surface area contributed by atoms with Gasteiger partial charge in [0, 0.05) is 23.4 Å². The van der Waals surface area contributed by atoms with Gasteiger partial charge in [-0.1, -0.05) is 11.2 Å². The SMILES string of the molecule is COc1ccc(-c2noc(-c3cccc4c3CCCN4)n2)cc1OC.Cl. The van der Waals surface area contributed by atoms with Crippen molar-refractivity contribution in [3.8, 4) is 34.3 Å². The molecule has 136 valence electrons. The molecule has 2 aromatic carbocycles. The lowest BCUT2D eigenvalue weighted by Gasteiger charge is -2.19. The molecule has 1 aliphatic heterocycles. The molecule has 0 bridgehead atoms. The maximum atomic E-state index is 5.54. The van der Waals surface area contributed by atoms with Gasteiger partial charge < -0.3 is 19.3 Å². The van der Waals surface area contributed by atoms with Crippen LogP contribution in [0, 0.1) is 0 Å². The molecule has 6 nitrogen and oxygen atoms in total. The van der Waals surface area contributed by atoms with Gasteiger partial charge in [0.25, 0.3) is 5.89 Å². The van der Waals surface area contributed by atoms with Gasteiger partial charge >= 0.3 is 0 Å². The van der Waals surface area contributed by atoms with Crippen molar-refractivity contribution in [1.82, 2.24) is 10.1 Å². The highest BCUT2D eigenvalue weighted by Crippen LogP contribution is 2.34. The third-order valence-corrected chi connectivity index (χ3v) is 4.39. The number of anilines is 1. The first-order valence-corrected chi connectivity index (χ1v) is 8.22. The highest BCUT2D eigenvalue weighted by Gasteiger charge is 2.19. The van der Waals surface area contributed by atoms with E-state index in [2.05, 4.69) is 21.5 Å². The van der Waals surface area contributed by atoms with E-state index in [1.807, 2.05) is 30.3 Å². The van der Waals surface area contributed by atoms with Crippen LogP contribution in [0.1, 0.15) is 12.0 Å². The smallest absolute Gasteiger partial charge is 0.258 e. The zero-order valence-electron chi connectivity index (χ0n) is 14.6. The van der Waals surface area contributed by atoms with Crippen LogP contribution in [-0.2, 0) is 6.42 Å². The molecule has 0 radical (unpaired) electrons. The third-order valence-electron chi connectivity index (χ3n) is 4.39. The van der Waals surface area contributed by atoms with E-state index in [-0.39, 0.29) is 12.4 Å². The number of hydrogen-bond donors (Lipinski definition) is 1. The molecule has 0 amide bonds. The summed E-state index contributed by atoms with van der Waals surface area (Å²) < 4.78 is 16.2. The summed E-state index contributed by atoms with van der Waals surface area (Å²) in [6.45, 7) is 0.997. The number of ether oxygens (including phenoxy) is 2. The molecule has 0 saturated heterocycles. The minimum Gasteiger partial charge on any atom is -0.493 e. The second-order valence-electron chi connectivity index (χ2n) is 5.85. The van der Waals surface area contributed by atoms with Gasteiger partial charge in [-0.15, -0.1) is 12.4 Å². The maximum Gasteiger partial charge on any atom is 0.258 e. The summed E-state index contributed by atoms with van der Waals surface area (Å²) in [7, 11) is 3.21. The molecule has 0 saturated carbocycles.